The third kappa shape index (κ3) is 21.6. The second-order valence-corrected chi connectivity index (χ2v) is 14.5. The molecular weight excluding hydrogens is 786 g/mol. The van der Waals surface area contributed by atoms with Gasteiger partial charge in [0.25, 0.3) is 0 Å². The number of unbranched alkanes of at least 4 members (excludes halogenated alkanes) is 3. The molecule has 0 aliphatic heterocycles. The molecule has 0 aliphatic rings. The number of nitrogens with one attached hydrogen (secondary N) is 5. The zero-order chi connectivity index (χ0) is 42.6. The standard InChI is InChI=1S/C41H60ClN7O10/c1-41(2,3)35-29-36(47-38(51)46-33-13-7-6-8-14-33)49(48-35)34-15-11-12-32(28-34)30-44-37(50)31-45-40(53)59-27-25-57-23-22-56-24-26-58-39(52)43-17-19-55-21-20-54-18-10-5-4-9-16-42/h6-8,11-15,28-29H,4-5,9-10,16-27,30-31H2,1-3H3,(H,43,52)(H,44,50)(H,45,53)(H2,46,47,51). The summed E-state index contributed by atoms with van der Waals surface area (Å²) in [7, 11) is 0. The number of hydrogen-bond acceptors (Lipinski definition) is 11. The van der Waals surface area contributed by atoms with Crippen LogP contribution in [-0.2, 0) is 45.2 Å². The molecule has 17 nitrogen and oxygen atoms in total. The Balaban J connectivity index is 1.21. The molecule has 1 heterocycles. The van der Waals surface area contributed by atoms with Crippen molar-refractivity contribution in [2.24, 2.45) is 0 Å². The monoisotopic (exact) mass is 845 g/mol. The number of para-hydroxylation sites is 1. The van der Waals surface area contributed by atoms with Gasteiger partial charge in [-0.15, -0.1) is 11.6 Å². The maximum Gasteiger partial charge on any atom is 0.407 e. The molecule has 59 heavy (non-hydrogen) atoms. The second kappa shape index (κ2) is 28.5. The minimum Gasteiger partial charge on any atom is -0.447 e. The average Bonchev–Trinajstić information content (AvgIpc) is 3.65. The van der Waals surface area contributed by atoms with Crippen LogP contribution in [0.15, 0.2) is 60.7 Å². The molecule has 0 spiro atoms. The van der Waals surface area contributed by atoms with Crippen molar-refractivity contribution >= 4 is 47.2 Å². The van der Waals surface area contributed by atoms with Gasteiger partial charge in [0.05, 0.1) is 57.6 Å². The summed E-state index contributed by atoms with van der Waals surface area (Å²) in [6.45, 7) is 9.23. The maximum atomic E-state index is 12.8. The van der Waals surface area contributed by atoms with E-state index in [0.717, 1.165) is 36.9 Å². The van der Waals surface area contributed by atoms with Crippen LogP contribution < -0.4 is 26.6 Å². The van der Waals surface area contributed by atoms with Crippen LogP contribution in [-0.4, -0.2) is 119 Å². The molecular formula is C41H60ClN7O10. The van der Waals surface area contributed by atoms with E-state index in [0.29, 0.717) is 56.0 Å². The quantitative estimate of drug-likeness (QED) is 0.0440. The number of aromatic nitrogens is 2. The first-order valence-corrected chi connectivity index (χ1v) is 20.4. The lowest BCUT2D eigenvalue weighted by atomic mass is 9.92. The van der Waals surface area contributed by atoms with Crippen LogP contribution in [0.25, 0.3) is 5.69 Å². The summed E-state index contributed by atoms with van der Waals surface area (Å²) in [5.74, 6) is 0.765. The number of anilines is 2. The van der Waals surface area contributed by atoms with Gasteiger partial charge in [0.1, 0.15) is 25.6 Å². The molecule has 0 bridgehead atoms. The van der Waals surface area contributed by atoms with Crippen molar-refractivity contribution in [2.45, 2.75) is 58.4 Å². The Morgan fingerprint density at radius 3 is 1.97 bits per heavy atom. The fourth-order valence-corrected chi connectivity index (χ4v) is 5.25. The number of alkyl halides is 1. The van der Waals surface area contributed by atoms with Crippen LogP contribution >= 0.6 is 11.6 Å². The van der Waals surface area contributed by atoms with Gasteiger partial charge in [0, 0.05) is 42.7 Å². The van der Waals surface area contributed by atoms with Crippen LogP contribution in [0.4, 0.5) is 25.9 Å². The highest BCUT2D eigenvalue weighted by Crippen LogP contribution is 2.27. The van der Waals surface area contributed by atoms with E-state index in [2.05, 4.69) is 26.6 Å². The predicted molar refractivity (Wildman–Crippen MR) is 224 cm³/mol. The molecule has 3 aromatic rings. The van der Waals surface area contributed by atoms with Gasteiger partial charge in [0.2, 0.25) is 5.91 Å². The van der Waals surface area contributed by atoms with E-state index in [1.54, 1.807) is 16.8 Å². The Bertz CT molecular complexity index is 1670. The number of amides is 5. The lowest BCUT2D eigenvalue weighted by molar-refractivity contribution is -0.120. The van der Waals surface area contributed by atoms with Crippen molar-refractivity contribution in [1.29, 1.82) is 0 Å². The van der Waals surface area contributed by atoms with E-state index in [1.165, 1.54) is 0 Å². The van der Waals surface area contributed by atoms with Gasteiger partial charge in [-0.2, -0.15) is 5.10 Å². The van der Waals surface area contributed by atoms with Crippen molar-refractivity contribution in [2.75, 3.05) is 95.7 Å². The molecule has 2 aromatic carbocycles. The highest BCUT2D eigenvalue weighted by atomic mass is 35.5. The molecule has 326 valence electrons. The first-order chi connectivity index (χ1) is 28.5. The first kappa shape index (κ1) is 48.4. The number of carbonyl (C=O) groups is 4. The number of halogens is 1. The third-order valence-corrected chi connectivity index (χ3v) is 8.41. The van der Waals surface area contributed by atoms with Crippen LogP contribution in [0.3, 0.4) is 0 Å². The lowest BCUT2D eigenvalue weighted by Gasteiger charge is -2.14. The van der Waals surface area contributed by atoms with Gasteiger partial charge in [0.15, 0.2) is 0 Å². The van der Waals surface area contributed by atoms with Gasteiger partial charge >= 0.3 is 18.2 Å². The number of hydrogen-bond donors (Lipinski definition) is 5. The molecule has 0 saturated carbocycles. The fourth-order valence-electron chi connectivity index (χ4n) is 5.06. The number of urea groups is 1. The number of rotatable bonds is 28. The summed E-state index contributed by atoms with van der Waals surface area (Å²) in [5, 5.41) is 18.3. The summed E-state index contributed by atoms with van der Waals surface area (Å²) in [4.78, 5) is 49.1. The first-order valence-electron chi connectivity index (χ1n) is 19.8. The average molecular weight is 846 g/mol. The van der Waals surface area contributed by atoms with Crippen molar-refractivity contribution < 1.29 is 47.6 Å². The Morgan fingerprint density at radius 2 is 1.29 bits per heavy atom. The number of alkyl carbamates (subject to hydrolysis) is 2. The molecule has 5 N–H and O–H groups in total. The molecule has 0 saturated heterocycles. The summed E-state index contributed by atoms with van der Waals surface area (Å²) >= 11 is 5.65. The summed E-state index contributed by atoms with van der Waals surface area (Å²) in [6, 6.07) is 17.9. The molecule has 18 heteroatoms. The minimum absolute atomic E-state index is 0.0230. The number of nitrogens with zero attached hydrogens (tertiary/aromatic N) is 2. The summed E-state index contributed by atoms with van der Waals surface area (Å²) in [6.07, 6.45) is 2.96. The van der Waals surface area contributed by atoms with Crippen LogP contribution in [0.2, 0.25) is 0 Å². The lowest BCUT2D eigenvalue weighted by Crippen LogP contribution is -2.37. The smallest absolute Gasteiger partial charge is 0.407 e. The van der Waals surface area contributed by atoms with Gasteiger partial charge in [-0.25, -0.2) is 19.1 Å². The van der Waals surface area contributed by atoms with Gasteiger partial charge in [-0.3, -0.25) is 10.1 Å². The predicted octanol–water partition coefficient (Wildman–Crippen LogP) is 5.75. The molecule has 0 fully saturated rings. The van der Waals surface area contributed by atoms with Crippen LogP contribution in [0.1, 0.15) is 57.7 Å². The normalized spacial score (nSPS) is 11.1. The maximum absolute atomic E-state index is 12.8. The van der Waals surface area contributed by atoms with E-state index in [4.69, 9.17) is 45.1 Å². The summed E-state index contributed by atoms with van der Waals surface area (Å²) in [5.41, 5.74) is 2.61. The van der Waals surface area contributed by atoms with Gasteiger partial charge < -0.3 is 49.7 Å². The largest absolute Gasteiger partial charge is 0.447 e. The Morgan fingerprint density at radius 1 is 0.661 bits per heavy atom. The zero-order valence-electron chi connectivity index (χ0n) is 34.4. The third-order valence-electron chi connectivity index (χ3n) is 8.14. The Kier molecular flexibility index (Phi) is 23.4. The van der Waals surface area contributed by atoms with E-state index in [-0.39, 0.29) is 58.1 Å². The molecule has 5 amide bonds. The molecule has 0 radical (unpaired) electrons. The topological polar surface area (TPSA) is 202 Å². The van der Waals surface area contributed by atoms with E-state index in [1.807, 2.05) is 69.3 Å². The highest BCUT2D eigenvalue weighted by molar-refractivity contribution is 6.17. The Labute approximate surface area is 351 Å². The molecule has 0 atom stereocenters. The molecule has 0 unspecified atom stereocenters. The van der Waals surface area contributed by atoms with Gasteiger partial charge in [-0.1, -0.05) is 63.9 Å². The molecule has 0 aliphatic carbocycles. The van der Waals surface area contributed by atoms with E-state index < -0.39 is 24.1 Å². The SMILES string of the molecule is CC(C)(C)c1cc(NC(=O)Nc2ccccc2)n(-c2cccc(CNC(=O)CNC(=O)OCCOCCOCCOC(=O)NCCOCCOCCCCCCCl)c2)n1. The summed E-state index contributed by atoms with van der Waals surface area (Å²) < 4.78 is 33.4. The van der Waals surface area contributed by atoms with Crippen LogP contribution in [0.5, 0.6) is 0 Å². The molecule has 3 rings (SSSR count). The zero-order valence-corrected chi connectivity index (χ0v) is 35.1. The number of benzene rings is 2. The van der Waals surface area contributed by atoms with E-state index >= 15 is 0 Å². The van der Waals surface area contributed by atoms with Crippen LogP contribution in [0, 0.1) is 0 Å². The fraction of sp³-hybridized carbons (Fsp3) is 0.537. The van der Waals surface area contributed by atoms with Crippen molar-refractivity contribution in [3.8, 4) is 5.69 Å². The number of ether oxygens (including phenoxy) is 6. The van der Waals surface area contributed by atoms with Crippen molar-refractivity contribution in [3.63, 3.8) is 0 Å². The minimum atomic E-state index is -0.761. The van der Waals surface area contributed by atoms with Crippen molar-refractivity contribution in [3.05, 3.63) is 71.9 Å². The van der Waals surface area contributed by atoms with Crippen molar-refractivity contribution in [1.82, 2.24) is 25.7 Å². The highest BCUT2D eigenvalue weighted by Gasteiger charge is 2.22. The molecule has 1 aromatic heterocycles. The van der Waals surface area contributed by atoms with E-state index in [9.17, 15) is 19.2 Å². The van der Waals surface area contributed by atoms with Gasteiger partial charge in [-0.05, 0) is 42.7 Å². The number of carbonyl (C=O) groups excluding carboxylic acids is 4. The Hall–Kier alpha value is -4.94. The second-order valence-electron chi connectivity index (χ2n) is 14.1.